The van der Waals surface area contributed by atoms with Gasteiger partial charge in [-0.1, -0.05) is 6.92 Å². The van der Waals surface area contributed by atoms with Crippen molar-refractivity contribution in [1.29, 1.82) is 0 Å². The van der Waals surface area contributed by atoms with Crippen molar-refractivity contribution in [3.05, 3.63) is 41.2 Å². The van der Waals surface area contributed by atoms with E-state index in [1.54, 1.807) is 7.11 Å². The second-order valence-electron chi connectivity index (χ2n) is 8.96. The van der Waals surface area contributed by atoms with Gasteiger partial charge in [0.15, 0.2) is 0 Å². The molecule has 0 spiro atoms. The molecule has 2 aliphatic rings. The average molecular weight is 441 g/mol. The summed E-state index contributed by atoms with van der Waals surface area (Å²) >= 11 is 0. The molecule has 1 amide bonds. The number of amides is 1. The van der Waals surface area contributed by atoms with Crippen molar-refractivity contribution in [3.63, 3.8) is 0 Å². The number of hydrogen-bond acceptors (Lipinski definition) is 5. The van der Waals surface area contributed by atoms with E-state index in [0.29, 0.717) is 11.3 Å². The van der Waals surface area contributed by atoms with Gasteiger partial charge in [-0.2, -0.15) is 5.10 Å². The molecule has 0 N–H and O–H groups in total. The molecule has 2 aromatic rings. The average Bonchev–Trinajstić information content (AvgIpc) is 3.45. The van der Waals surface area contributed by atoms with E-state index in [9.17, 15) is 4.79 Å². The van der Waals surface area contributed by atoms with E-state index < -0.39 is 0 Å². The molecular weight excluding hydrogens is 404 g/mol. The zero-order chi connectivity index (χ0) is 22.5. The Morgan fingerprint density at radius 1 is 1.16 bits per heavy atom. The van der Waals surface area contributed by atoms with E-state index in [2.05, 4.69) is 34.7 Å². The highest BCUT2D eigenvalue weighted by Gasteiger charge is 2.26. The van der Waals surface area contributed by atoms with Crippen LogP contribution in [0.4, 0.5) is 0 Å². The molecule has 0 radical (unpaired) electrons. The van der Waals surface area contributed by atoms with E-state index in [-0.39, 0.29) is 12.0 Å². The monoisotopic (exact) mass is 440 g/mol. The van der Waals surface area contributed by atoms with Gasteiger partial charge in [-0.3, -0.25) is 14.4 Å². The Labute approximate surface area is 191 Å². The summed E-state index contributed by atoms with van der Waals surface area (Å²) in [6.45, 7) is 9.78. The Kier molecular flexibility index (Phi) is 7.35. The van der Waals surface area contributed by atoms with Crippen LogP contribution in [0.25, 0.3) is 0 Å². The topological polar surface area (TPSA) is 59.8 Å². The quantitative estimate of drug-likeness (QED) is 0.623. The summed E-state index contributed by atoms with van der Waals surface area (Å²) in [5, 5.41) is 4.63. The molecule has 1 aromatic carbocycles. The Hall–Kier alpha value is -2.54. The molecule has 7 heteroatoms. The van der Waals surface area contributed by atoms with Gasteiger partial charge in [0.05, 0.1) is 18.4 Å². The maximum Gasteiger partial charge on any atom is 0.257 e. The molecule has 0 saturated carbocycles. The van der Waals surface area contributed by atoms with Gasteiger partial charge in [0, 0.05) is 57.1 Å². The number of methoxy groups -OCH3 is 1. The zero-order valence-corrected chi connectivity index (χ0v) is 19.7. The molecule has 2 fully saturated rings. The molecule has 7 nitrogen and oxygen atoms in total. The second-order valence-corrected chi connectivity index (χ2v) is 8.96. The number of hydrogen-bond donors (Lipinski definition) is 0. The van der Waals surface area contributed by atoms with Crippen molar-refractivity contribution >= 4 is 5.91 Å². The number of nitrogens with zero attached hydrogens (tertiary/aromatic N) is 4. The third kappa shape index (κ3) is 5.26. The van der Waals surface area contributed by atoms with Crippen LogP contribution < -0.4 is 9.47 Å². The molecule has 174 valence electrons. The number of benzene rings is 1. The summed E-state index contributed by atoms with van der Waals surface area (Å²) in [4.78, 5) is 17.4. The van der Waals surface area contributed by atoms with Gasteiger partial charge >= 0.3 is 0 Å². The van der Waals surface area contributed by atoms with Crippen molar-refractivity contribution < 1.29 is 14.3 Å². The van der Waals surface area contributed by atoms with Crippen LogP contribution >= 0.6 is 0 Å². The largest absolute Gasteiger partial charge is 0.497 e. The Morgan fingerprint density at radius 3 is 2.59 bits per heavy atom. The maximum atomic E-state index is 13.0. The minimum absolute atomic E-state index is 0.0668. The third-order valence-corrected chi connectivity index (χ3v) is 6.54. The molecule has 4 rings (SSSR count). The summed E-state index contributed by atoms with van der Waals surface area (Å²) in [6, 6.07) is 5.56. The number of aromatic nitrogens is 2. The van der Waals surface area contributed by atoms with E-state index in [1.807, 2.05) is 23.1 Å². The fourth-order valence-corrected chi connectivity index (χ4v) is 4.66. The smallest absolute Gasteiger partial charge is 0.257 e. The molecule has 2 aliphatic heterocycles. The first-order valence-electron chi connectivity index (χ1n) is 12.0. The molecule has 2 saturated heterocycles. The molecule has 0 atom stereocenters. The SMILES string of the molecule is CCCn1cc(CN2CCC(Oc3cc(OC)ccc3C(=O)N3CCCC3)CC2)c(C)n1. The highest BCUT2D eigenvalue weighted by atomic mass is 16.5. The first-order valence-corrected chi connectivity index (χ1v) is 12.0. The van der Waals surface area contributed by atoms with Crippen LogP contribution in [0, 0.1) is 6.92 Å². The van der Waals surface area contributed by atoms with Gasteiger partial charge in [-0.25, -0.2) is 0 Å². The lowest BCUT2D eigenvalue weighted by Crippen LogP contribution is -2.38. The Morgan fingerprint density at radius 2 is 1.91 bits per heavy atom. The van der Waals surface area contributed by atoms with Crippen LogP contribution in [0.1, 0.15) is 60.6 Å². The zero-order valence-electron chi connectivity index (χ0n) is 19.7. The molecule has 1 aromatic heterocycles. The molecule has 0 aliphatic carbocycles. The predicted molar refractivity (Wildman–Crippen MR) is 124 cm³/mol. The summed E-state index contributed by atoms with van der Waals surface area (Å²) < 4.78 is 13.9. The highest BCUT2D eigenvalue weighted by molar-refractivity contribution is 5.97. The number of rotatable bonds is 8. The second kappa shape index (κ2) is 10.4. The molecular formula is C25H36N4O3. The lowest BCUT2D eigenvalue weighted by molar-refractivity contribution is 0.0764. The third-order valence-electron chi connectivity index (χ3n) is 6.54. The fourth-order valence-electron chi connectivity index (χ4n) is 4.66. The standard InChI is InChI=1S/C25H36N4O3/c1-4-11-29-18-20(19(2)26-29)17-27-14-9-21(10-15-27)32-24-16-22(31-3)7-8-23(24)25(30)28-12-5-6-13-28/h7-8,16,18,21H,4-6,9-15,17H2,1-3H3. The molecule has 3 heterocycles. The Balaban J connectivity index is 1.37. The van der Waals surface area contributed by atoms with Gasteiger partial charge < -0.3 is 14.4 Å². The minimum atomic E-state index is 0.0668. The number of carbonyl (C=O) groups excluding carboxylic acids is 1. The summed E-state index contributed by atoms with van der Waals surface area (Å²) in [5.74, 6) is 1.43. The maximum absolute atomic E-state index is 13.0. The minimum Gasteiger partial charge on any atom is -0.497 e. The van der Waals surface area contributed by atoms with Crippen LogP contribution in [0.2, 0.25) is 0 Å². The van der Waals surface area contributed by atoms with Crippen molar-refractivity contribution in [2.45, 2.75) is 65.1 Å². The normalized spacial score (nSPS) is 17.7. The summed E-state index contributed by atoms with van der Waals surface area (Å²) in [5.41, 5.74) is 3.08. The van der Waals surface area contributed by atoms with Crippen molar-refractivity contribution in [2.24, 2.45) is 0 Å². The van der Waals surface area contributed by atoms with Gasteiger partial charge in [0.25, 0.3) is 5.91 Å². The summed E-state index contributed by atoms with van der Waals surface area (Å²) in [7, 11) is 1.64. The van der Waals surface area contributed by atoms with E-state index in [1.165, 1.54) is 5.56 Å². The number of piperidine rings is 1. The van der Waals surface area contributed by atoms with Gasteiger partial charge in [0.2, 0.25) is 0 Å². The molecule has 0 bridgehead atoms. The van der Waals surface area contributed by atoms with Crippen LogP contribution in [0.5, 0.6) is 11.5 Å². The lowest BCUT2D eigenvalue weighted by atomic mass is 10.1. The lowest BCUT2D eigenvalue weighted by Gasteiger charge is -2.32. The number of carbonyl (C=O) groups is 1. The van der Waals surface area contributed by atoms with Gasteiger partial charge in [0.1, 0.15) is 17.6 Å². The van der Waals surface area contributed by atoms with Crippen molar-refractivity contribution in [3.8, 4) is 11.5 Å². The Bertz CT molecular complexity index is 912. The molecule has 32 heavy (non-hydrogen) atoms. The van der Waals surface area contributed by atoms with Crippen molar-refractivity contribution in [2.75, 3.05) is 33.3 Å². The van der Waals surface area contributed by atoms with Crippen LogP contribution in [0.15, 0.2) is 24.4 Å². The van der Waals surface area contributed by atoms with Crippen LogP contribution in [-0.2, 0) is 13.1 Å². The fraction of sp³-hybridized carbons (Fsp3) is 0.600. The van der Waals surface area contributed by atoms with Gasteiger partial charge in [-0.15, -0.1) is 0 Å². The van der Waals surface area contributed by atoms with E-state index >= 15 is 0 Å². The van der Waals surface area contributed by atoms with Crippen LogP contribution in [-0.4, -0.2) is 64.9 Å². The van der Waals surface area contributed by atoms with Crippen LogP contribution in [0.3, 0.4) is 0 Å². The first-order chi connectivity index (χ1) is 15.6. The number of ether oxygens (including phenoxy) is 2. The first kappa shape index (κ1) is 22.6. The van der Waals surface area contributed by atoms with Gasteiger partial charge in [-0.05, 0) is 51.2 Å². The van der Waals surface area contributed by atoms with E-state index in [0.717, 1.165) is 82.8 Å². The number of aryl methyl sites for hydroxylation is 2. The number of likely N-dealkylation sites (tertiary alicyclic amines) is 2. The van der Waals surface area contributed by atoms with Crippen molar-refractivity contribution in [1.82, 2.24) is 19.6 Å². The predicted octanol–water partition coefficient (Wildman–Crippen LogP) is 3.89. The summed E-state index contributed by atoms with van der Waals surface area (Å²) in [6.07, 6.45) is 7.42. The van der Waals surface area contributed by atoms with E-state index in [4.69, 9.17) is 9.47 Å². The molecule has 0 unspecified atom stereocenters. The highest BCUT2D eigenvalue weighted by Crippen LogP contribution is 2.30.